The second-order valence-electron chi connectivity index (χ2n) is 6.69. The molecule has 0 aliphatic carbocycles. The number of anilines is 1. The lowest BCUT2D eigenvalue weighted by Gasteiger charge is -2.05. The molecule has 0 saturated carbocycles. The first kappa shape index (κ1) is 17.4. The number of benzene rings is 1. The molecular weight excluding hydrogens is 360 g/mol. The van der Waals surface area contributed by atoms with Gasteiger partial charge in [-0.05, 0) is 61.2 Å². The molecule has 0 saturated heterocycles. The van der Waals surface area contributed by atoms with Crippen LogP contribution in [0.2, 0.25) is 0 Å². The summed E-state index contributed by atoms with van der Waals surface area (Å²) in [6.07, 6.45) is 3.58. The molecule has 1 N–H and O–H groups in total. The number of nitrogens with zero attached hydrogens (tertiary/aromatic N) is 1. The number of hydrogen-bond acceptors (Lipinski definition) is 5. The smallest absolute Gasteiger partial charge is 0.348 e. The first-order chi connectivity index (χ1) is 12.9. The van der Waals surface area contributed by atoms with Gasteiger partial charge in [-0.3, -0.25) is 4.79 Å². The van der Waals surface area contributed by atoms with Crippen LogP contribution in [0.3, 0.4) is 0 Å². The Labute approximate surface area is 160 Å². The Kier molecular flexibility index (Phi) is 4.08. The van der Waals surface area contributed by atoms with Gasteiger partial charge >= 0.3 is 5.97 Å². The molecule has 0 atom stereocenters. The molecule has 0 radical (unpaired) electrons. The zero-order valence-electron chi connectivity index (χ0n) is 15.5. The van der Waals surface area contributed by atoms with Crippen LogP contribution in [-0.4, -0.2) is 24.0 Å². The molecule has 1 amide bonds. The van der Waals surface area contributed by atoms with Crippen molar-refractivity contribution in [2.45, 2.75) is 20.8 Å². The van der Waals surface area contributed by atoms with E-state index in [1.807, 2.05) is 39.0 Å². The largest absolute Gasteiger partial charge is 0.465 e. The number of methoxy groups -OCH3 is 1. The van der Waals surface area contributed by atoms with Crippen LogP contribution in [0, 0.1) is 20.8 Å². The zero-order chi connectivity index (χ0) is 19.3. The van der Waals surface area contributed by atoms with Gasteiger partial charge in [-0.2, -0.15) is 0 Å². The molecular formula is C21H18N2O3S. The molecule has 1 aromatic carbocycles. The summed E-state index contributed by atoms with van der Waals surface area (Å²) in [5, 5.41) is 3.84. The molecule has 1 aliphatic heterocycles. The predicted molar refractivity (Wildman–Crippen MR) is 108 cm³/mol. The molecule has 0 fully saturated rings. The van der Waals surface area contributed by atoms with Crippen molar-refractivity contribution in [3.63, 3.8) is 0 Å². The van der Waals surface area contributed by atoms with E-state index in [2.05, 4.69) is 16.4 Å². The van der Waals surface area contributed by atoms with Crippen LogP contribution in [0.1, 0.15) is 37.5 Å². The Hall–Kier alpha value is -2.99. The number of thiophene rings is 1. The molecule has 3 aromatic rings. The summed E-state index contributed by atoms with van der Waals surface area (Å²) in [6.45, 7) is 5.90. The molecule has 0 unspecified atom stereocenters. The van der Waals surface area contributed by atoms with Crippen molar-refractivity contribution < 1.29 is 14.3 Å². The highest BCUT2D eigenvalue weighted by Gasteiger charge is 2.26. The van der Waals surface area contributed by atoms with Gasteiger partial charge < -0.3 is 10.1 Å². The van der Waals surface area contributed by atoms with Crippen molar-refractivity contribution in [3.8, 4) is 0 Å². The van der Waals surface area contributed by atoms with E-state index in [4.69, 9.17) is 4.74 Å². The summed E-state index contributed by atoms with van der Waals surface area (Å²) >= 11 is 1.32. The lowest BCUT2D eigenvalue weighted by molar-refractivity contribution is -0.110. The quantitative estimate of drug-likeness (QED) is 0.527. The highest BCUT2D eigenvalue weighted by molar-refractivity contribution is 7.20. The van der Waals surface area contributed by atoms with Gasteiger partial charge in [0.05, 0.1) is 7.11 Å². The van der Waals surface area contributed by atoms with Crippen LogP contribution in [0.4, 0.5) is 5.69 Å². The second-order valence-corrected chi connectivity index (χ2v) is 7.68. The Bertz CT molecular complexity index is 1160. The van der Waals surface area contributed by atoms with E-state index in [0.29, 0.717) is 10.5 Å². The summed E-state index contributed by atoms with van der Waals surface area (Å²) < 4.78 is 4.84. The van der Waals surface area contributed by atoms with Crippen LogP contribution in [0.5, 0.6) is 0 Å². The number of aryl methyl sites for hydroxylation is 3. The lowest BCUT2D eigenvalue weighted by atomic mass is 9.98. The molecule has 27 heavy (non-hydrogen) atoms. The van der Waals surface area contributed by atoms with Crippen molar-refractivity contribution in [1.82, 2.24) is 4.98 Å². The molecule has 1 aliphatic rings. The number of pyridine rings is 1. The fraction of sp³-hybridized carbons (Fsp3) is 0.190. The average molecular weight is 378 g/mol. The number of esters is 1. The number of rotatable bonds is 2. The SMILES string of the molecule is COC(=O)c1sc2ncc(/C=C3\C(=O)Nc4cc(C)cc(C)c43)cc2c1C. The topological polar surface area (TPSA) is 68.3 Å². The summed E-state index contributed by atoms with van der Waals surface area (Å²) in [5.74, 6) is -0.471. The maximum Gasteiger partial charge on any atom is 0.348 e. The van der Waals surface area contributed by atoms with Gasteiger partial charge in [-0.15, -0.1) is 11.3 Å². The molecule has 4 rings (SSSR count). The van der Waals surface area contributed by atoms with E-state index in [1.165, 1.54) is 18.4 Å². The summed E-state index contributed by atoms with van der Waals surface area (Å²) in [6, 6.07) is 6.01. The molecule has 6 heteroatoms. The molecule has 2 aromatic heterocycles. The minimum atomic E-state index is -0.356. The predicted octanol–water partition coefficient (Wildman–Crippen LogP) is 4.50. The van der Waals surface area contributed by atoms with Crippen LogP contribution in [0.15, 0.2) is 24.4 Å². The van der Waals surface area contributed by atoms with E-state index in [0.717, 1.165) is 43.7 Å². The molecule has 136 valence electrons. The standard InChI is InChI=1S/C21H18N2O3S/c1-10-5-11(2)17-15(19(24)23-16(17)6-10)8-13-7-14-12(3)18(21(25)26-4)27-20(14)22-9-13/h5-9H,1-4H3,(H,23,24)/b15-8-. The Morgan fingerprint density at radius 1 is 1.22 bits per heavy atom. The van der Waals surface area contributed by atoms with Crippen LogP contribution >= 0.6 is 11.3 Å². The number of amides is 1. The van der Waals surface area contributed by atoms with E-state index in [1.54, 1.807) is 6.20 Å². The fourth-order valence-electron chi connectivity index (χ4n) is 3.51. The maximum atomic E-state index is 12.5. The Morgan fingerprint density at radius 2 is 2.00 bits per heavy atom. The van der Waals surface area contributed by atoms with Crippen molar-refractivity contribution in [2.75, 3.05) is 12.4 Å². The molecule has 0 bridgehead atoms. The minimum Gasteiger partial charge on any atom is -0.465 e. The Morgan fingerprint density at radius 3 is 2.74 bits per heavy atom. The molecule has 3 heterocycles. The lowest BCUT2D eigenvalue weighted by Crippen LogP contribution is -2.03. The van der Waals surface area contributed by atoms with Gasteiger partial charge in [0.25, 0.3) is 5.91 Å². The van der Waals surface area contributed by atoms with Crippen molar-refractivity contribution in [2.24, 2.45) is 0 Å². The van der Waals surface area contributed by atoms with Crippen LogP contribution in [0.25, 0.3) is 21.9 Å². The number of hydrogen-bond donors (Lipinski definition) is 1. The Balaban J connectivity index is 1.84. The summed E-state index contributed by atoms with van der Waals surface area (Å²) in [5.41, 5.74) is 6.24. The summed E-state index contributed by atoms with van der Waals surface area (Å²) in [4.78, 5) is 30.2. The summed E-state index contributed by atoms with van der Waals surface area (Å²) in [7, 11) is 1.37. The number of fused-ring (bicyclic) bond motifs is 2. The van der Waals surface area contributed by atoms with Gasteiger partial charge in [0.2, 0.25) is 0 Å². The minimum absolute atomic E-state index is 0.115. The van der Waals surface area contributed by atoms with Crippen LogP contribution < -0.4 is 5.32 Å². The van der Waals surface area contributed by atoms with Crippen molar-refractivity contribution >= 4 is 50.8 Å². The van der Waals surface area contributed by atoms with Gasteiger partial charge in [0, 0.05) is 28.4 Å². The van der Waals surface area contributed by atoms with E-state index in [9.17, 15) is 9.59 Å². The third-order valence-electron chi connectivity index (χ3n) is 4.74. The highest BCUT2D eigenvalue weighted by atomic mass is 32.1. The van der Waals surface area contributed by atoms with Gasteiger partial charge in [-0.1, -0.05) is 6.07 Å². The maximum absolute atomic E-state index is 12.5. The number of carbonyl (C=O) groups is 2. The molecule has 5 nitrogen and oxygen atoms in total. The normalized spacial score (nSPS) is 14.5. The number of aromatic nitrogens is 1. The first-order valence-electron chi connectivity index (χ1n) is 8.51. The van der Waals surface area contributed by atoms with E-state index in [-0.39, 0.29) is 11.9 Å². The van der Waals surface area contributed by atoms with Crippen molar-refractivity contribution in [1.29, 1.82) is 0 Å². The van der Waals surface area contributed by atoms with Crippen molar-refractivity contribution in [3.05, 3.63) is 57.1 Å². The number of nitrogens with one attached hydrogen (secondary N) is 1. The number of carbonyl (C=O) groups excluding carboxylic acids is 2. The van der Waals surface area contributed by atoms with E-state index < -0.39 is 0 Å². The number of ether oxygens (including phenoxy) is 1. The van der Waals surface area contributed by atoms with E-state index >= 15 is 0 Å². The third-order valence-corrected chi connectivity index (χ3v) is 5.94. The van der Waals surface area contributed by atoms with Crippen LogP contribution in [-0.2, 0) is 9.53 Å². The van der Waals surface area contributed by atoms with Gasteiger partial charge in [0.1, 0.15) is 9.71 Å². The van der Waals surface area contributed by atoms with Gasteiger partial charge in [-0.25, -0.2) is 9.78 Å². The highest BCUT2D eigenvalue weighted by Crippen LogP contribution is 2.37. The zero-order valence-corrected chi connectivity index (χ0v) is 16.3. The fourth-order valence-corrected chi connectivity index (χ4v) is 4.56. The monoisotopic (exact) mass is 378 g/mol. The second kappa shape index (κ2) is 6.32. The third kappa shape index (κ3) is 2.82. The average Bonchev–Trinajstić information content (AvgIpc) is 3.12. The molecule has 0 spiro atoms. The van der Waals surface area contributed by atoms with Gasteiger partial charge in [0.15, 0.2) is 0 Å². The first-order valence-corrected chi connectivity index (χ1v) is 9.33.